The van der Waals surface area contributed by atoms with Gasteiger partial charge in [0.25, 0.3) is 0 Å². The summed E-state index contributed by atoms with van der Waals surface area (Å²) in [6.07, 6.45) is -3.78. The molecule has 1 aliphatic rings. The van der Waals surface area contributed by atoms with Gasteiger partial charge in [-0.3, -0.25) is 4.79 Å². The lowest BCUT2D eigenvalue weighted by molar-refractivity contribution is -0.187. The number of hydrogen-bond donors (Lipinski definition) is 1. The number of aromatic nitrogens is 1. The fourth-order valence-corrected chi connectivity index (χ4v) is 4.34. The first-order valence-electron chi connectivity index (χ1n) is 7.52. The molecule has 0 aliphatic carbocycles. The molecular weight excluding hydrogens is 381 g/mol. The van der Waals surface area contributed by atoms with Crippen molar-refractivity contribution in [2.45, 2.75) is 18.0 Å². The molecule has 1 N–H and O–H groups in total. The smallest absolute Gasteiger partial charge is 0.393 e. The molecule has 2 rings (SSSR count). The highest BCUT2D eigenvalue weighted by atomic mass is 32.2. The van der Waals surface area contributed by atoms with Gasteiger partial charge in [-0.1, -0.05) is 0 Å². The minimum atomic E-state index is -4.85. The molecule has 0 bridgehead atoms. The number of carboxylic acid groups (broad SMARTS) is 1. The number of aliphatic carboxylic acids is 1. The lowest BCUT2D eigenvalue weighted by Gasteiger charge is -2.18. The van der Waals surface area contributed by atoms with Crippen LogP contribution < -0.4 is 0 Å². The molecule has 1 fully saturated rings. The van der Waals surface area contributed by atoms with Crippen molar-refractivity contribution in [3.8, 4) is 0 Å². The number of ether oxygens (including phenoxy) is 1. The van der Waals surface area contributed by atoms with Crippen LogP contribution >= 0.6 is 0 Å². The van der Waals surface area contributed by atoms with Crippen LogP contribution in [-0.2, 0) is 26.6 Å². The molecule has 0 amide bonds. The normalized spacial score (nSPS) is 21.7. The topological polar surface area (TPSA) is 106 Å². The van der Waals surface area contributed by atoms with Gasteiger partial charge in [-0.15, -0.1) is 0 Å². The zero-order valence-electron chi connectivity index (χ0n) is 13.9. The highest BCUT2D eigenvalue weighted by Gasteiger charge is 2.55. The summed E-state index contributed by atoms with van der Waals surface area (Å²) >= 11 is 0. The first-order chi connectivity index (χ1) is 11.9. The molecule has 1 aliphatic heterocycles. The molecule has 0 unspecified atom stereocenters. The van der Waals surface area contributed by atoms with E-state index in [0.29, 0.717) is 4.31 Å². The number of esters is 1. The van der Waals surface area contributed by atoms with Gasteiger partial charge in [0.05, 0.1) is 18.4 Å². The SMILES string of the molecule is CCOC(=O)c1cc(S(=O)(=O)N2C[C@@H](C(F)(F)F)[C@H](C(=O)O)C2)cn1C. The van der Waals surface area contributed by atoms with Crippen LogP contribution in [0.5, 0.6) is 0 Å². The fourth-order valence-electron chi connectivity index (χ4n) is 2.78. The first-order valence-corrected chi connectivity index (χ1v) is 8.96. The van der Waals surface area contributed by atoms with Crippen LogP contribution in [0.4, 0.5) is 13.2 Å². The molecule has 2 atom stereocenters. The lowest BCUT2D eigenvalue weighted by Crippen LogP contribution is -2.34. The summed E-state index contributed by atoms with van der Waals surface area (Å²) in [5, 5.41) is 8.99. The number of carbonyl (C=O) groups is 2. The highest BCUT2D eigenvalue weighted by Crippen LogP contribution is 2.39. The summed E-state index contributed by atoms with van der Waals surface area (Å²) in [7, 11) is -3.02. The zero-order valence-corrected chi connectivity index (χ0v) is 14.7. The fraction of sp³-hybridized carbons (Fsp3) is 0.571. The standard InChI is InChI=1S/C14H17F3N2O6S/c1-3-25-13(22)11-4-8(5-18(11)2)26(23,24)19-6-9(12(20)21)10(7-19)14(15,16)17/h4-5,9-10H,3,6-7H2,1-2H3,(H,20,21)/t9-,10-/m1/s1. The number of sulfonamides is 1. The molecule has 1 aromatic rings. The molecule has 26 heavy (non-hydrogen) atoms. The molecule has 2 heterocycles. The van der Waals surface area contributed by atoms with E-state index < -0.39 is 58.0 Å². The van der Waals surface area contributed by atoms with Gasteiger partial charge in [-0.2, -0.15) is 17.5 Å². The summed E-state index contributed by atoms with van der Waals surface area (Å²) in [6.45, 7) is -0.171. The van der Waals surface area contributed by atoms with Gasteiger partial charge in [0.2, 0.25) is 10.0 Å². The molecule has 0 radical (unpaired) electrons. The van der Waals surface area contributed by atoms with Crippen LogP contribution in [0.15, 0.2) is 17.2 Å². The Hall–Kier alpha value is -2.08. The second-order valence-corrected chi connectivity index (χ2v) is 7.75. The van der Waals surface area contributed by atoms with E-state index >= 15 is 0 Å². The summed E-state index contributed by atoms with van der Waals surface area (Å²) in [5.74, 6) is -6.69. The summed E-state index contributed by atoms with van der Waals surface area (Å²) < 4.78 is 70.8. The van der Waals surface area contributed by atoms with Gasteiger partial charge in [0.1, 0.15) is 10.6 Å². The van der Waals surface area contributed by atoms with E-state index in [9.17, 15) is 31.2 Å². The minimum absolute atomic E-state index is 0.0613. The largest absolute Gasteiger partial charge is 0.481 e. The van der Waals surface area contributed by atoms with Gasteiger partial charge < -0.3 is 14.4 Å². The molecule has 1 saturated heterocycles. The van der Waals surface area contributed by atoms with Gasteiger partial charge in [0.15, 0.2) is 0 Å². The van der Waals surface area contributed by atoms with E-state index in [2.05, 4.69) is 0 Å². The van der Waals surface area contributed by atoms with Crippen molar-refractivity contribution in [2.24, 2.45) is 18.9 Å². The monoisotopic (exact) mass is 398 g/mol. The van der Waals surface area contributed by atoms with Gasteiger partial charge in [-0.25, -0.2) is 13.2 Å². The van der Waals surface area contributed by atoms with Gasteiger partial charge >= 0.3 is 18.1 Å². The van der Waals surface area contributed by atoms with Crippen LogP contribution in [0.1, 0.15) is 17.4 Å². The number of rotatable bonds is 5. The third-order valence-electron chi connectivity index (χ3n) is 4.13. The van der Waals surface area contributed by atoms with E-state index in [4.69, 9.17) is 9.84 Å². The molecule has 8 nitrogen and oxygen atoms in total. The number of halogens is 3. The van der Waals surface area contributed by atoms with Crippen molar-refractivity contribution in [1.82, 2.24) is 8.87 Å². The van der Waals surface area contributed by atoms with Crippen LogP contribution in [0.25, 0.3) is 0 Å². The predicted octanol–water partition coefficient (Wildman–Crippen LogP) is 1.09. The van der Waals surface area contributed by atoms with E-state index in [0.717, 1.165) is 12.3 Å². The number of carbonyl (C=O) groups excluding carboxylic acids is 1. The van der Waals surface area contributed by atoms with Crippen molar-refractivity contribution < 1.29 is 41.0 Å². The number of carboxylic acids is 1. The Labute approximate surface area is 147 Å². The maximum Gasteiger partial charge on any atom is 0.393 e. The molecular formula is C14H17F3N2O6S. The first kappa shape index (κ1) is 20.2. The third kappa shape index (κ3) is 3.70. The van der Waals surface area contributed by atoms with Crippen molar-refractivity contribution in [3.63, 3.8) is 0 Å². The molecule has 0 aromatic carbocycles. The van der Waals surface area contributed by atoms with E-state index in [1.54, 1.807) is 6.92 Å². The van der Waals surface area contributed by atoms with Crippen LogP contribution in [-0.4, -0.2) is 60.2 Å². The Bertz CT molecular complexity index is 817. The van der Waals surface area contributed by atoms with Crippen LogP contribution in [0, 0.1) is 11.8 Å². The number of aryl methyl sites for hydroxylation is 1. The van der Waals surface area contributed by atoms with Crippen molar-refractivity contribution in [1.29, 1.82) is 0 Å². The Morgan fingerprint density at radius 3 is 2.42 bits per heavy atom. The van der Waals surface area contributed by atoms with E-state index in [1.807, 2.05) is 0 Å². The Kier molecular flexibility index (Phi) is 5.38. The van der Waals surface area contributed by atoms with E-state index in [1.165, 1.54) is 11.6 Å². The van der Waals surface area contributed by atoms with Gasteiger partial charge in [-0.05, 0) is 13.0 Å². The molecule has 0 spiro atoms. The second-order valence-electron chi connectivity index (χ2n) is 5.81. The third-order valence-corrected chi connectivity index (χ3v) is 5.92. The number of nitrogens with zero attached hydrogens (tertiary/aromatic N) is 2. The van der Waals surface area contributed by atoms with Gasteiger partial charge in [0, 0.05) is 26.3 Å². The average Bonchev–Trinajstić information content (AvgIpc) is 3.11. The van der Waals surface area contributed by atoms with Crippen LogP contribution in [0.2, 0.25) is 0 Å². The minimum Gasteiger partial charge on any atom is -0.481 e. The van der Waals surface area contributed by atoms with E-state index in [-0.39, 0.29) is 12.3 Å². The lowest BCUT2D eigenvalue weighted by atomic mass is 9.96. The van der Waals surface area contributed by atoms with Crippen molar-refractivity contribution >= 4 is 22.0 Å². The van der Waals surface area contributed by atoms with Crippen molar-refractivity contribution in [2.75, 3.05) is 19.7 Å². The molecule has 1 aromatic heterocycles. The Balaban J connectivity index is 2.35. The molecule has 0 saturated carbocycles. The quantitative estimate of drug-likeness (QED) is 0.745. The average molecular weight is 398 g/mol. The van der Waals surface area contributed by atoms with Crippen molar-refractivity contribution in [3.05, 3.63) is 18.0 Å². The maximum absolute atomic E-state index is 13.0. The summed E-state index contributed by atoms with van der Waals surface area (Å²) in [6, 6.07) is 0.990. The van der Waals surface area contributed by atoms with Crippen LogP contribution in [0.3, 0.4) is 0 Å². The second kappa shape index (κ2) is 6.91. The summed E-state index contributed by atoms with van der Waals surface area (Å²) in [5.41, 5.74) is -0.0909. The zero-order chi connectivity index (χ0) is 19.9. The maximum atomic E-state index is 13.0. The number of alkyl halides is 3. The molecule has 146 valence electrons. The summed E-state index contributed by atoms with van der Waals surface area (Å²) in [4.78, 5) is 22.5. The predicted molar refractivity (Wildman–Crippen MR) is 80.8 cm³/mol. The molecule has 12 heteroatoms. The highest BCUT2D eigenvalue weighted by molar-refractivity contribution is 7.89. The Morgan fingerprint density at radius 1 is 1.35 bits per heavy atom. The Morgan fingerprint density at radius 2 is 1.96 bits per heavy atom. The number of hydrogen-bond acceptors (Lipinski definition) is 5.